The van der Waals surface area contributed by atoms with Gasteiger partial charge in [-0.05, 0) is 30.7 Å². The van der Waals surface area contributed by atoms with Crippen LogP contribution in [-0.2, 0) is 11.2 Å². The molecule has 0 bridgehead atoms. The number of benzene rings is 2. The number of carbonyl (C=O) groups is 1. The number of aliphatic carboxylic acids is 1. The van der Waals surface area contributed by atoms with Gasteiger partial charge in [-0.3, -0.25) is 0 Å². The molecule has 0 aromatic heterocycles. The number of carboxylic acid groups (broad SMARTS) is 1. The van der Waals surface area contributed by atoms with Crippen LogP contribution in [0.4, 0.5) is 0 Å². The molecule has 4 heteroatoms. The van der Waals surface area contributed by atoms with E-state index < -0.39 is 12.1 Å². The van der Waals surface area contributed by atoms with Crippen LogP contribution in [0.3, 0.4) is 0 Å². The van der Waals surface area contributed by atoms with E-state index in [-0.39, 0.29) is 6.42 Å². The maximum Gasteiger partial charge on any atom is 0.345 e. The summed E-state index contributed by atoms with van der Waals surface area (Å²) in [5, 5.41) is 9.36. The summed E-state index contributed by atoms with van der Waals surface area (Å²) in [5.41, 5.74) is 1.87. The van der Waals surface area contributed by atoms with Gasteiger partial charge in [0.15, 0.2) is 6.10 Å². The first-order valence-electron chi connectivity index (χ1n) is 6.68. The fourth-order valence-corrected chi connectivity index (χ4v) is 2.11. The molecule has 1 unspecified atom stereocenters. The Labute approximate surface area is 123 Å². The van der Waals surface area contributed by atoms with Crippen molar-refractivity contribution in [2.24, 2.45) is 0 Å². The van der Waals surface area contributed by atoms with Gasteiger partial charge in [0.2, 0.25) is 0 Å². The Balaban J connectivity index is 2.20. The molecule has 0 radical (unpaired) electrons. The Morgan fingerprint density at radius 3 is 2.52 bits per heavy atom. The monoisotopic (exact) mass is 286 g/mol. The van der Waals surface area contributed by atoms with Crippen LogP contribution in [0.2, 0.25) is 0 Å². The highest BCUT2D eigenvalue weighted by molar-refractivity contribution is 5.73. The SMILES string of the molecule is COc1ccc(C)cc1CC(Oc1ccccc1)C(=O)O. The van der Waals surface area contributed by atoms with E-state index in [9.17, 15) is 9.90 Å². The van der Waals surface area contributed by atoms with E-state index in [4.69, 9.17) is 9.47 Å². The van der Waals surface area contributed by atoms with Crippen LogP contribution < -0.4 is 9.47 Å². The van der Waals surface area contributed by atoms with E-state index >= 15 is 0 Å². The zero-order valence-corrected chi connectivity index (χ0v) is 12.1. The lowest BCUT2D eigenvalue weighted by molar-refractivity contribution is -0.145. The molecule has 0 spiro atoms. The molecule has 0 heterocycles. The van der Waals surface area contributed by atoms with E-state index in [1.54, 1.807) is 19.2 Å². The highest BCUT2D eigenvalue weighted by atomic mass is 16.5. The molecule has 2 rings (SSSR count). The first-order valence-corrected chi connectivity index (χ1v) is 6.68. The normalized spacial score (nSPS) is 11.7. The fourth-order valence-electron chi connectivity index (χ4n) is 2.11. The van der Waals surface area contributed by atoms with Crippen LogP contribution >= 0.6 is 0 Å². The number of methoxy groups -OCH3 is 1. The van der Waals surface area contributed by atoms with Crippen molar-refractivity contribution in [2.45, 2.75) is 19.4 Å². The molecule has 0 amide bonds. The van der Waals surface area contributed by atoms with Crippen molar-refractivity contribution in [2.75, 3.05) is 7.11 Å². The van der Waals surface area contributed by atoms with Gasteiger partial charge in [-0.2, -0.15) is 0 Å². The van der Waals surface area contributed by atoms with Gasteiger partial charge >= 0.3 is 5.97 Å². The Hall–Kier alpha value is -2.49. The lowest BCUT2D eigenvalue weighted by Crippen LogP contribution is -2.29. The van der Waals surface area contributed by atoms with Gasteiger partial charge in [-0.15, -0.1) is 0 Å². The largest absolute Gasteiger partial charge is 0.496 e. The van der Waals surface area contributed by atoms with Gasteiger partial charge < -0.3 is 14.6 Å². The molecular weight excluding hydrogens is 268 g/mol. The van der Waals surface area contributed by atoms with Crippen molar-refractivity contribution in [1.29, 1.82) is 0 Å². The second-order valence-electron chi connectivity index (χ2n) is 4.78. The predicted molar refractivity (Wildman–Crippen MR) is 79.9 cm³/mol. The van der Waals surface area contributed by atoms with Gasteiger partial charge in [-0.1, -0.05) is 35.9 Å². The Bertz CT molecular complexity index is 607. The summed E-state index contributed by atoms with van der Waals surface area (Å²) < 4.78 is 10.8. The summed E-state index contributed by atoms with van der Waals surface area (Å²) in [6, 6.07) is 14.6. The Morgan fingerprint density at radius 2 is 1.90 bits per heavy atom. The predicted octanol–water partition coefficient (Wildman–Crippen LogP) is 3.08. The third-order valence-corrected chi connectivity index (χ3v) is 3.14. The molecule has 1 atom stereocenters. The maximum atomic E-state index is 11.4. The molecule has 1 N–H and O–H groups in total. The van der Waals surface area contributed by atoms with E-state index in [1.807, 2.05) is 43.3 Å². The van der Waals surface area contributed by atoms with Crippen molar-refractivity contribution in [3.05, 3.63) is 59.7 Å². The number of aryl methyl sites for hydroxylation is 1. The summed E-state index contributed by atoms with van der Waals surface area (Å²) in [5.74, 6) is 0.211. The minimum Gasteiger partial charge on any atom is -0.496 e. The van der Waals surface area contributed by atoms with Gasteiger partial charge in [0.1, 0.15) is 11.5 Å². The third-order valence-electron chi connectivity index (χ3n) is 3.14. The number of carboxylic acids is 1. The lowest BCUT2D eigenvalue weighted by atomic mass is 10.0. The fraction of sp³-hybridized carbons (Fsp3) is 0.235. The molecule has 0 fully saturated rings. The minimum absolute atomic E-state index is 0.245. The van der Waals surface area contributed by atoms with Crippen molar-refractivity contribution >= 4 is 5.97 Å². The van der Waals surface area contributed by atoms with Gasteiger partial charge in [-0.25, -0.2) is 4.79 Å². The standard InChI is InChI=1S/C17H18O4/c1-12-8-9-15(20-2)13(10-12)11-16(17(18)19)21-14-6-4-3-5-7-14/h3-10,16H,11H2,1-2H3,(H,18,19). The second kappa shape index (κ2) is 6.79. The van der Waals surface area contributed by atoms with Gasteiger partial charge in [0.05, 0.1) is 7.11 Å². The molecule has 0 aliphatic carbocycles. The van der Waals surface area contributed by atoms with Crippen LogP contribution in [0.5, 0.6) is 11.5 Å². The number of hydrogen-bond acceptors (Lipinski definition) is 3. The number of rotatable bonds is 6. The van der Waals surface area contributed by atoms with Crippen LogP contribution in [0.15, 0.2) is 48.5 Å². The van der Waals surface area contributed by atoms with Crippen LogP contribution in [0.25, 0.3) is 0 Å². The number of ether oxygens (including phenoxy) is 2. The molecule has 0 aliphatic heterocycles. The topological polar surface area (TPSA) is 55.8 Å². The van der Waals surface area contributed by atoms with Crippen molar-refractivity contribution in [3.63, 3.8) is 0 Å². The second-order valence-corrected chi connectivity index (χ2v) is 4.78. The minimum atomic E-state index is -0.998. The Morgan fingerprint density at radius 1 is 1.19 bits per heavy atom. The van der Waals surface area contributed by atoms with E-state index in [1.165, 1.54) is 0 Å². The maximum absolute atomic E-state index is 11.4. The molecule has 2 aromatic rings. The zero-order chi connectivity index (χ0) is 15.2. The Kier molecular flexibility index (Phi) is 4.82. The van der Waals surface area contributed by atoms with Crippen LogP contribution in [-0.4, -0.2) is 24.3 Å². The summed E-state index contributed by atoms with van der Waals surface area (Å²) in [7, 11) is 1.57. The lowest BCUT2D eigenvalue weighted by Gasteiger charge is -2.17. The molecule has 0 aliphatic rings. The molecule has 110 valence electrons. The van der Waals surface area contributed by atoms with Gasteiger partial charge in [0, 0.05) is 6.42 Å². The number of para-hydroxylation sites is 1. The van der Waals surface area contributed by atoms with Crippen molar-refractivity contribution in [3.8, 4) is 11.5 Å². The average molecular weight is 286 g/mol. The molecule has 4 nitrogen and oxygen atoms in total. The molecule has 0 saturated heterocycles. The first-order chi connectivity index (χ1) is 10.1. The smallest absolute Gasteiger partial charge is 0.345 e. The van der Waals surface area contributed by atoms with E-state index in [2.05, 4.69) is 0 Å². The molecule has 2 aromatic carbocycles. The van der Waals surface area contributed by atoms with Crippen LogP contribution in [0.1, 0.15) is 11.1 Å². The third kappa shape index (κ3) is 3.99. The zero-order valence-electron chi connectivity index (χ0n) is 12.1. The van der Waals surface area contributed by atoms with E-state index in [0.717, 1.165) is 11.1 Å². The molecular formula is C17H18O4. The quantitative estimate of drug-likeness (QED) is 0.886. The summed E-state index contributed by atoms with van der Waals surface area (Å²) >= 11 is 0. The molecule has 21 heavy (non-hydrogen) atoms. The number of hydrogen-bond donors (Lipinski definition) is 1. The van der Waals surface area contributed by atoms with Crippen LogP contribution in [0, 0.1) is 6.92 Å². The first kappa shape index (κ1) is 14.9. The average Bonchev–Trinajstić information content (AvgIpc) is 2.48. The van der Waals surface area contributed by atoms with Crippen molar-refractivity contribution in [1.82, 2.24) is 0 Å². The summed E-state index contributed by atoms with van der Waals surface area (Å²) in [4.78, 5) is 11.4. The highest BCUT2D eigenvalue weighted by Crippen LogP contribution is 2.23. The highest BCUT2D eigenvalue weighted by Gasteiger charge is 2.22. The molecule has 0 saturated carbocycles. The van der Waals surface area contributed by atoms with Gasteiger partial charge in [0.25, 0.3) is 0 Å². The summed E-state index contributed by atoms with van der Waals surface area (Å²) in [6.45, 7) is 1.96. The van der Waals surface area contributed by atoms with Crippen molar-refractivity contribution < 1.29 is 19.4 Å². The summed E-state index contributed by atoms with van der Waals surface area (Å²) in [6.07, 6.45) is -0.710. The van der Waals surface area contributed by atoms with E-state index in [0.29, 0.717) is 11.5 Å².